The van der Waals surface area contributed by atoms with Crippen LogP contribution >= 0.6 is 0 Å². The standard InChI is InChI=1S/C9H16N2O/c1-5-7-10-8(12-11-7)6-9(2,3)4/h5-6H2,1-4H3. The van der Waals surface area contributed by atoms with Gasteiger partial charge in [-0.15, -0.1) is 0 Å². The fourth-order valence-corrected chi connectivity index (χ4v) is 0.959. The molecule has 0 aromatic carbocycles. The molecule has 0 aliphatic rings. The predicted molar refractivity (Wildman–Crippen MR) is 46.8 cm³/mol. The molecule has 1 heterocycles. The Morgan fingerprint density at radius 2 is 2.00 bits per heavy atom. The number of hydrogen-bond donors (Lipinski definition) is 0. The molecule has 0 N–H and O–H groups in total. The summed E-state index contributed by atoms with van der Waals surface area (Å²) >= 11 is 0. The highest BCUT2D eigenvalue weighted by Gasteiger charge is 2.15. The molecule has 0 unspecified atom stereocenters. The van der Waals surface area contributed by atoms with Gasteiger partial charge in [0.15, 0.2) is 5.82 Å². The molecule has 0 aliphatic heterocycles. The molecule has 0 spiro atoms. The van der Waals surface area contributed by atoms with Crippen LogP contribution in [0, 0.1) is 5.41 Å². The van der Waals surface area contributed by atoms with Crippen LogP contribution in [-0.4, -0.2) is 10.1 Å². The quantitative estimate of drug-likeness (QED) is 0.679. The van der Waals surface area contributed by atoms with E-state index < -0.39 is 0 Å². The second kappa shape index (κ2) is 3.25. The Morgan fingerprint density at radius 3 is 2.42 bits per heavy atom. The van der Waals surface area contributed by atoms with Crippen molar-refractivity contribution in [3.8, 4) is 0 Å². The van der Waals surface area contributed by atoms with Crippen LogP contribution in [-0.2, 0) is 12.8 Å². The predicted octanol–water partition coefficient (Wildman–Crippen LogP) is 2.22. The number of nitrogens with zero attached hydrogens (tertiary/aromatic N) is 2. The van der Waals surface area contributed by atoms with Gasteiger partial charge in [-0.25, -0.2) is 0 Å². The minimum Gasteiger partial charge on any atom is -0.339 e. The second-order valence-corrected chi connectivity index (χ2v) is 4.20. The van der Waals surface area contributed by atoms with E-state index in [4.69, 9.17) is 4.52 Å². The number of rotatable bonds is 2. The fourth-order valence-electron chi connectivity index (χ4n) is 0.959. The Balaban J connectivity index is 2.64. The van der Waals surface area contributed by atoms with Crippen LogP contribution in [0.3, 0.4) is 0 Å². The van der Waals surface area contributed by atoms with Crippen LogP contribution in [0.4, 0.5) is 0 Å². The molecule has 0 atom stereocenters. The van der Waals surface area contributed by atoms with E-state index in [1.165, 1.54) is 0 Å². The minimum atomic E-state index is 0.220. The first kappa shape index (κ1) is 9.23. The molecule has 1 rings (SSSR count). The Kier molecular flexibility index (Phi) is 2.50. The summed E-state index contributed by atoms with van der Waals surface area (Å²) < 4.78 is 5.07. The third-order valence-electron chi connectivity index (χ3n) is 1.51. The zero-order chi connectivity index (χ0) is 9.19. The molecule has 0 saturated heterocycles. The van der Waals surface area contributed by atoms with E-state index in [2.05, 4.69) is 30.9 Å². The van der Waals surface area contributed by atoms with Gasteiger partial charge in [-0.05, 0) is 5.41 Å². The van der Waals surface area contributed by atoms with Gasteiger partial charge in [0.1, 0.15) is 0 Å². The molecule has 0 fully saturated rings. The average Bonchev–Trinajstić information content (AvgIpc) is 2.32. The molecular weight excluding hydrogens is 152 g/mol. The summed E-state index contributed by atoms with van der Waals surface area (Å²) in [6.07, 6.45) is 1.69. The van der Waals surface area contributed by atoms with Gasteiger partial charge in [0.05, 0.1) is 0 Å². The van der Waals surface area contributed by atoms with Crippen LogP contribution < -0.4 is 0 Å². The molecule has 3 heteroatoms. The zero-order valence-electron chi connectivity index (χ0n) is 8.22. The molecule has 68 valence electrons. The van der Waals surface area contributed by atoms with E-state index in [0.717, 1.165) is 24.6 Å². The van der Waals surface area contributed by atoms with Gasteiger partial charge in [-0.2, -0.15) is 4.98 Å². The van der Waals surface area contributed by atoms with Gasteiger partial charge in [0.25, 0.3) is 0 Å². The van der Waals surface area contributed by atoms with Crippen LogP contribution in [0.5, 0.6) is 0 Å². The lowest BCUT2D eigenvalue weighted by molar-refractivity contribution is 0.312. The smallest absolute Gasteiger partial charge is 0.227 e. The number of aromatic nitrogens is 2. The zero-order valence-corrected chi connectivity index (χ0v) is 8.22. The molecule has 1 aromatic rings. The molecule has 12 heavy (non-hydrogen) atoms. The maximum atomic E-state index is 5.07. The van der Waals surface area contributed by atoms with Crippen molar-refractivity contribution in [2.75, 3.05) is 0 Å². The number of hydrogen-bond acceptors (Lipinski definition) is 3. The van der Waals surface area contributed by atoms with Gasteiger partial charge in [-0.3, -0.25) is 0 Å². The largest absolute Gasteiger partial charge is 0.339 e. The van der Waals surface area contributed by atoms with E-state index in [-0.39, 0.29) is 5.41 Å². The highest BCUT2D eigenvalue weighted by molar-refractivity contribution is 4.88. The van der Waals surface area contributed by atoms with Gasteiger partial charge in [-0.1, -0.05) is 32.9 Å². The van der Waals surface area contributed by atoms with Gasteiger partial charge in [0, 0.05) is 12.8 Å². The SMILES string of the molecule is CCc1noc(CC(C)(C)C)n1. The molecule has 0 amide bonds. The summed E-state index contributed by atoms with van der Waals surface area (Å²) in [4.78, 5) is 4.24. The maximum absolute atomic E-state index is 5.07. The maximum Gasteiger partial charge on any atom is 0.227 e. The molecule has 3 nitrogen and oxygen atoms in total. The first-order chi connectivity index (χ1) is 5.51. The lowest BCUT2D eigenvalue weighted by Crippen LogP contribution is -2.09. The van der Waals surface area contributed by atoms with E-state index in [9.17, 15) is 0 Å². The van der Waals surface area contributed by atoms with Crippen molar-refractivity contribution in [2.24, 2.45) is 5.41 Å². The van der Waals surface area contributed by atoms with Crippen molar-refractivity contribution in [3.63, 3.8) is 0 Å². The van der Waals surface area contributed by atoms with E-state index >= 15 is 0 Å². The molecule has 0 radical (unpaired) electrons. The summed E-state index contributed by atoms with van der Waals surface area (Å²) in [6.45, 7) is 8.49. The van der Waals surface area contributed by atoms with Crippen molar-refractivity contribution in [2.45, 2.75) is 40.5 Å². The Labute approximate surface area is 73.2 Å². The topological polar surface area (TPSA) is 38.9 Å². The Morgan fingerprint density at radius 1 is 1.33 bits per heavy atom. The summed E-state index contributed by atoms with van der Waals surface area (Å²) in [7, 11) is 0. The lowest BCUT2D eigenvalue weighted by atomic mass is 9.92. The van der Waals surface area contributed by atoms with Crippen molar-refractivity contribution < 1.29 is 4.52 Å². The van der Waals surface area contributed by atoms with E-state index in [1.54, 1.807) is 0 Å². The van der Waals surface area contributed by atoms with Crippen LogP contribution in [0.2, 0.25) is 0 Å². The molecule has 0 aliphatic carbocycles. The first-order valence-electron chi connectivity index (χ1n) is 4.33. The van der Waals surface area contributed by atoms with E-state index in [1.807, 2.05) is 6.92 Å². The van der Waals surface area contributed by atoms with Gasteiger partial charge < -0.3 is 4.52 Å². The second-order valence-electron chi connectivity index (χ2n) is 4.20. The summed E-state index contributed by atoms with van der Waals surface area (Å²) in [5, 5.41) is 3.83. The normalized spacial score (nSPS) is 12.0. The molecule has 0 saturated carbocycles. The summed E-state index contributed by atoms with van der Waals surface area (Å²) in [5.74, 6) is 1.55. The molecular formula is C9H16N2O. The van der Waals surface area contributed by atoms with Crippen LogP contribution in [0.25, 0.3) is 0 Å². The summed E-state index contributed by atoms with van der Waals surface area (Å²) in [6, 6.07) is 0. The van der Waals surface area contributed by atoms with Crippen LogP contribution in [0.15, 0.2) is 4.52 Å². The Hall–Kier alpha value is -0.860. The van der Waals surface area contributed by atoms with Crippen molar-refractivity contribution in [1.82, 2.24) is 10.1 Å². The fraction of sp³-hybridized carbons (Fsp3) is 0.778. The third kappa shape index (κ3) is 2.64. The lowest BCUT2D eigenvalue weighted by Gasteiger charge is -2.13. The number of aryl methyl sites for hydroxylation is 1. The average molecular weight is 168 g/mol. The molecule has 0 bridgehead atoms. The van der Waals surface area contributed by atoms with Crippen molar-refractivity contribution in [3.05, 3.63) is 11.7 Å². The minimum absolute atomic E-state index is 0.220. The van der Waals surface area contributed by atoms with E-state index in [0.29, 0.717) is 0 Å². The van der Waals surface area contributed by atoms with Gasteiger partial charge >= 0.3 is 0 Å². The first-order valence-corrected chi connectivity index (χ1v) is 4.33. The van der Waals surface area contributed by atoms with Crippen molar-refractivity contribution in [1.29, 1.82) is 0 Å². The van der Waals surface area contributed by atoms with Gasteiger partial charge in [0.2, 0.25) is 5.89 Å². The van der Waals surface area contributed by atoms with Crippen LogP contribution in [0.1, 0.15) is 39.4 Å². The molecule has 1 aromatic heterocycles. The highest BCUT2D eigenvalue weighted by atomic mass is 16.5. The third-order valence-corrected chi connectivity index (χ3v) is 1.51. The monoisotopic (exact) mass is 168 g/mol. The highest BCUT2D eigenvalue weighted by Crippen LogP contribution is 2.19. The van der Waals surface area contributed by atoms with Crippen molar-refractivity contribution >= 4 is 0 Å². The summed E-state index contributed by atoms with van der Waals surface area (Å²) in [5.41, 5.74) is 0.220. The Bertz CT molecular complexity index is 247.